The van der Waals surface area contributed by atoms with Crippen LogP contribution in [0.25, 0.3) is 11.6 Å². The summed E-state index contributed by atoms with van der Waals surface area (Å²) < 4.78 is 2.00. The van der Waals surface area contributed by atoms with Gasteiger partial charge in [0.25, 0.3) is 0 Å². The van der Waals surface area contributed by atoms with Gasteiger partial charge < -0.3 is 4.57 Å². The topological polar surface area (TPSA) is 72.3 Å². The second kappa shape index (κ2) is 4.17. The van der Waals surface area contributed by atoms with Gasteiger partial charge >= 0.3 is 0 Å². The van der Waals surface area contributed by atoms with Crippen molar-refractivity contribution in [2.24, 2.45) is 0 Å². The van der Waals surface area contributed by atoms with Crippen molar-refractivity contribution in [3.63, 3.8) is 0 Å². The van der Waals surface area contributed by atoms with E-state index in [4.69, 9.17) is 0 Å². The maximum atomic E-state index is 4.24. The highest BCUT2D eigenvalue weighted by molar-refractivity contribution is 5.42. The molecule has 2 aromatic heterocycles. The van der Waals surface area contributed by atoms with E-state index in [1.165, 1.54) is 5.56 Å². The highest BCUT2D eigenvalue weighted by Gasteiger charge is 2.09. The number of imidazole rings is 1. The first-order valence-electron chi connectivity index (χ1n) is 5.22. The summed E-state index contributed by atoms with van der Waals surface area (Å²) in [4.78, 5) is 4.24. The van der Waals surface area contributed by atoms with Gasteiger partial charge in [-0.1, -0.05) is 30.3 Å². The van der Waals surface area contributed by atoms with Crippen molar-refractivity contribution < 1.29 is 0 Å². The van der Waals surface area contributed by atoms with Gasteiger partial charge in [-0.2, -0.15) is 0 Å². The molecule has 17 heavy (non-hydrogen) atoms. The van der Waals surface area contributed by atoms with E-state index in [0.29, 0.717) is 5.82 Å². The van der Waals surface area contributed by atoms with Gasteiger partial charge in [-0.15, -0.1) is 5.10 Å². The molecule has 0 bridgehead atoms. The molecule has 6 heteroatoms. The van der Waals surface area contributed by atoms with Crippen molar-refractivity contribution >= 4 is 0 Å². The fraction of sp³-hybridized carbons (Fsp3) is 0.0909. The Morgan fingerprint density at radius 2 is 2.06 bits per heavy atom. The van der Waals surface area contributed by atoms with Gasteiger partial charge in [0, 0.05) is 18.9 Å². The normalized spacial score (nSPS) is 10.6. The fourth-order valence-corrected chi connectivity index (χ4v) is 1.69. The molecule has 0 amide bonds. The van der Waals surface area contributed by atoms with E-state index < -0.39 is 0 Å². The number of tetrazole rings is 1. The molecule has 0 saturated heterocycles. The Bertz CT molecular complexity index is 583. The summed E-state index contributed by atoms with van der Waals surface area (Å²) in [7, 11) is 0. The predicted molar refractivity (Wildman–Crippen MR) is 60.9 cm³/mol. The van der Waals surface area contributed by atoms with E-state index in [2.05, 4.69) is 37.7 Å². The van der Waals surface area contributed by atoms with E-state index in [-0.39, 0.29) is 0 Å². The Morgan fingerprint density at radius 3 is 2.82 bits per heavy atom. The first-order chi connectivity index (χ1) is 8.43. The Morgan fingerprint density at radius 1 is 1.18 bits per heavy atom. The maximum Gasteiger partial charge on any atom is 0.215 e. The van der Waals surface area contributed by atoms with Gasteiger partial charge in [-0.3, -0.25) is 0 Å². The molecule has 6 nitrogen and oxygen atoms in total. The van der Waals surface area contributed by atoms with Crippen LogP contribution in [0.3, 0.4) is 0 Å². The summed E-state index contributed by atoms with van der Waals surface area (Å²) in [5.41, 5.74) is 1.21. The summed E-state index contributed by atoms with van der Waals surface area (Å²) in [5, 5.41) is 13.7. The summed E-state index contributed by atoms with van der Waals surface area (Å²) in [6.45, 7) is 0.747. The van der Waals surface area contributed by atoms with Crippen LogP contribution in [0.5, 0.6) is 0 Å². The molecular formula is C11H10N6. The Hall–Kier alpha value is -2.50. The summed E-state index contributed by atoms with van der Waals surface area (Å²) in [5.74, 6) is 1.31. The van der Waals surface area contributed by atoms with Gasteiger partial charge in [0.15, 0.2) is 5.82 Å². The highest BCUT2D eigenvalue weighted by atomic mass is 15.5. The number of hydrogen-bond acceptors (Lipinski definition) is 4. The third kappa shape index (κ3) is 1.92. The third-order valence-corrected chi connectivity index (χ3v) is 2.47. The van der Waals surface area contributed by atoms with Crippen molar-refractivity contribution in [2.45, 2.75) is 6.54 Å². The molecule has 0 spiro atoms. The molecule has 0 saturated carbocycles. The number of aromatic amines is 1. The molecule has 1 aromatic carbocycles. The van der Waals surface area contributed by atoms with Crippen LogP contribution in [0.2, 0.25) is 0 Å². The lowest BCUT2D eigenvalue weighted by atomic mass is 10.2. The van der Waals surface area contributed by atoms with Gasteiger partial charge in [0.1, 0.15) is 0 Å². The van der Waals surface area contributed by atoms with Crippen LogP contribution in [0.1, 0.15) is 5.56 Å². The van der Waals surface area contributed by atoms with Crippen molar-refractivity contribution in [3.8, 4) is 11.6 Å². The zero-order valence-electron chi connectivity index (χ0n) is 8.98. The number of hydrogen-bond donors (Lipinski definition) is 1. The SMILES string of the molecule is c1ccc(Cn2ccnc2-c2nnn[nH]2)cc1. The first kappa shape index (κ1) is 9.71. The van der Waals surface area contributed by atoms with Crippen LogP contribution < -0.4 is 0 Å². The smallest absolute Gasteiger partial charge is 0.215 e. The monoisotopic (exact) mass is 226 g/mol. The van der Waals surface area contributed by atoms with E-state index in [1.54, 1.807) is 6.20 Å². The van der Waals surface area contributed by atoms with E-state index >= 15 is 0 Å². The predicted octanol–water partition coefficient (Wildman–Crippen LogP) is 1.11. The minimum absolute atomic E-state index is 0.575. The maximum absolute atomic E-state index is 4.24. The zero-order chi connectivity index (χ0) is 11.5. The lowest BCUT2D eigenvalue weighted by Gasteiger charge is -2.05. The number of nitrogens with one attached hydrogen (secondary N) is 1. The minimum atomic E-state index is 0.575. The van der Waals surface area contributed by atoms with E-state index in [9.17, 15) is 0 Å². The molecule has 1 N–H and O–H groups in total. The summed E-state index contributed by atoms with van der Waals surface area (Å²) >= 11 is 0. The zero-order valence-corrected chi connectivity index (χ0v) is 8.98. The summed E-state index contributed by atoms with van der Waals surface area (Å²) in [6.07, 6.45) is 3.64. The average molecular weight is 226 g/mol. The van der Waals surface area contributed by atoms with Crippen molar-refractivity contribution in [3.05, 3.63) is 48.3 Å². The first-order valence-corrected chi connectivity index (χ1v) is 5.22. The van der Waals surface area contributed by atoms with E-state index in [0.717, 1.165) is 12.4 Å². The number of rotatable bonds is 3. The molecule has 0 atom stereocenters. The molecule has 3 aromatic rings. The quantitative estimate of drug-likeness (QED) is 0.726. The second-order valence-corrected chi connectivity index (χ2v) is 3.61. The molecule has 0 aliphatic rings. The lowest BCUT2D eigenvalue weighted by molar-refractivity contribution is 0.799. The summed E-state index contributed by atoms with van der Waals surface area (Å²) in [6, 6.07) is 10.2. The van der Waals surface area contributed by atoms with Crippen molar-refractivity contribution in [2.75, 3.05) is 0 Å². The molecule has 0 aliphatic carbocycles. The molecular weight excluding hydrogens is 216 g/mol. The minimum Gasteiger partial charge on any atom is -0.324 e. The highest BCUT2D eigenvalue weighted by Crippen LogP contribution is 2.12. The molecule has 3 rings (SSSR count). The lowest BCUT2D eigenvalue weighted by Crippen LogP contribution is -2.01. The fourth-order valence-electron chi connectivity index (χ4n) is 1.69. The molecule has 0 radical (unpaired) electrons. The molecule has 0 fully saturated rings. The standard InChI is InChI=1S/C11H10N6/c1-2-4-9(5-3-1)8-17-7-6-12-11(17)10-13-15-16-14-10/h1-7H,8H2,(H,13,14,15,16). The number of aromatic nitrogens is 6. The van der Waals surface area contributed by atoms with Gasteiger partial charge in [-0.25, -0.2) is 10.1 Å². The average Bonchev–Trinajstić information content (AvgIpc) is 3.00. The third-order valence-electron chi connectivity index (χ3n) is 2.47. The molecule has 0 unspecified atom stereocenters. The van der Waals surface area contributed by atoms with Gasteiger partial charge in [0.05, 0.1) is 0 Å². The van der Waals surface area contributed by atoms with Crippen LogP contribution in [0.15, 0.2) is 42.7 Å². The largest absolute Gasteiger partial charge is 0.324 e. The van der Waals surface area contributed by atoms with Crippen LogP contribution >= 0.6 is 0 Å². The van der Waals surface area contributed by atoms with Gasteiger partial charge in [0.2, 0.25) is 5.82 Å². The molecule has 0 aliphatic heterocycles. The molecule has 2 heterocycles. The Kier molecular flexibility index (Phi) is 2.38. The van der Waals surface area contributed by atoms with Crippen molar-refractivity contribution in [1.82, 2.24) is 30.2 Å². The number of benzene rings is 1. The van der Waals surface area contributed by atoms with Gasteiger partial charge in [-0.05, 0) is 16.0 Å². The van der Waals surface area contributed by atoms with Crippen molar-refractivity contribution in [1.29, 1.82) is 0 Å². The van der Waals surface area contributed by atoms with Crippen LogP contribution in [-0.4, -0.2) is 30.2 Å². The van der Waals surface area contributed by atoms with Crippen LogP contribution in [0, 0.1) is 0 Å². The second-order valence-electron chi connectivity index (χ2n) is 3.61. The van der Waals surface area contributed by atoms with Crippen LogP contribution in [0.4, 0.5) is 0 Å². The van der Waals surface area contributed by atoms with Crippen LogP contribution in [-0.2, 0) is 6.54 Å². The Balaban J connectivity index is 1.92. The Labute approximate surface area is 97.3 Å². The number of H-pyrrole nitrogens is 1. The number of nitrogens with zero attached hydrogens (tertiary/aromatic N) is 5. The van der Waals surface area contributed by atoms with E-state index in [1.807, 2.05) is 29.0 Å². The molecule has 84 valence electrons.